The Morgan fingerprint density at radius 3 is 2.64 bits per heavy atom. The maximum absolute atomic E-state index is 13.2. The molecule has 1 atom stereocenters. The third kappa shape index (κ3) is 3.25. The maximum atomic E-state index is 13.2. The largest absolute Gasteiger partial charge is 0.416 e. The van der Waals surface area contributed by atoms with Crippen molar-refractivity contribution in [3.63, 3.8) is 0 Å². The van der Waals surface area contributed by atoms with Crippen LogP contribution in [0.5, 0.6) is 0 Å². The van der Waals surface area contributed by atoms with Crippen LogP contribution in [0.3, 0.4) is 0 Å². The van der Waals surface area contributed by atoms with E-state index >= 15 is 0 Å². The monoisotopic (exact) mass is 353 g/mol. The molecule has 1 N–H and O–H groups in total. The zero-order chi connectivity index (χ0) is 18.6. The van der Waals surface area contributed by atoms with Crippen LogP contribution in [0.2, 0.25) is 0 Å². The van der Waals surface area contributed by atoms with E-state index in [4.69, 9.17) is 0 Å². The van der Waals surface area contributed by atoms with Crippen molar-refractivity contribution in [2.24, 2.45) is 5.41 Å². The lowest BCUT2D eigenvalue weighted by Gasteiger charge is -2.33. The van der Waals surface area contributed by atoms with E-state index in [1.165, 1.54) is 0 Å². The average Bonchev–Trinajstić information content (AvgIpc) is 2.73. The van der Waals surface area contributed by atoms with Crippen LogP contribution < -0.4 is 5.69 Å². The number of alkyl halides is 3. The Morgan fingerprint density at radius 1 is 1.36 bits per heavy atom. The molecule has 0 radical (unpaired) electrons. The fraction of sp³-hybridized carbons (Fsp3) is 0.500. The first-order chi connectivity index (χ1) is 11.5. The Morgan fingerprint density at radius 2 is 2.04 bits per heavy atom. The van der Waals surface area contributed by atoms with E-state index in [1.54, 1.807) is 4.57 Å². The molecule has 1 aromatic carbocycles. The normalized spacial score (nSPS) is 19.2. The molecule has 1 aliphatic heterocycles. The number of benzene rings is 1. The van der Waals surface area contributed by atoms with E-state index in [-0.39, 0.29) is 22.7 Å². The number of nitrogens with zero attached hydrogens (tertiary/aromatic N) is 2. The topological polar surface area (TPSA) is 41.0 Å². The third-order valence-corrected chi connectivity index (χ3v) is 4.88. The zero-order valence-electron chi connectivity index (χ0n) is 14.6. The molecule has 1 aliphatic rings. The van der Waals surface area contributed by atoms with Gasteiger partial charge in [0.1, 0.15) is 0 Å². The number of hydrogen-bond acceptors (Lipinski definition) is 2. The summed E-state index contributed by atoms with van der Waals surface area (Å²) in [6.07, 6.45) is -2.60. The van der Waals surface area contributed by atoms with Gasteiger partial charge in [-0.1, -0.05) is 19.9 Å². The molecule has 0 fully saturated rings. The van der Waals surface area contributed by atoms with Crippen molar-refractivity contribution < 1.29 is 13.2 Å². The predicted molar refractivity (Wildman–Crippen MR) is 91.4 cm³/mol. The molecule has 0 saturated heterocycles. The van der Waals surface area contributed by atoms with Crippen LogP contribution in [0, 0.1) is 5.41 Å². The highest BCUT2D eigenvalue weighted by Gasteiger charge is 2.34. The molecule has 0 spiro atoms. The van der Waals surface area contributed by atoms with E-state index in [0.29, 0.717) is 30.7 Å². The number of aromatic amines is 1. The quantitative estimate of drug-likeness (QED) is 0.854. The summed E-state index contributed by atoms with van der Waals surface area (Å²) in [5.74, 6) is 0. The molecule has 4 nitrogen and oxygen atoms in total. The molecular formula is C18H22F3N3O. The van der Waals surface area contributed by atoms with Gasteiger partial charge in [-0.25, -0.2) is 4.79 Å². The Hall–Kier alpha value is -2.02. The molecule has 2 heterocycles. The maximum Gasteiger partial charge on any atom is 0.416 e. The van der Waals surface area contributed by atoms with Crippen molar-refractivity contribution in [2.75, 3.05) is 6.54 Å². The molecule has 0 bridgehead atoms. The molecular weight excluding hydrogens is 331 g/mol. The van der Waals surface area contributed by atoms with Crippen LogP contribution in [-0.2, 0) is 19.3 Å². The molecule has 136 valence electrons. The Labute approximate surface area is 143 Å². The Balaban J connectivity index is 2.14. The van der Waals surface area contributed by atoms with Crippen molar-refractivity contribution in [2.45, 2.75) is 46.1 Å². The van der Waals surface area contributed by atoms with Crippen LogP contribution in [0.4, 0.5) is 13.2 Å². The lowest BCUT2D eigenvalue weighted by Crippen LogP contribution is -2.41. The van der Waals surface area contributed by atoms with E-state index in [2.05, 4.69) is 16.5 Å². The minimum atomic E-state index is -4.45. The van der Waals surface area contributed by atoms with E-state index in [1.807, 2.05) is 26.8 Å². The van der Waals surface area contributed by atoms with Crippen LogP contribution in [0.1, 0.15) is 31.9 Å². The second kappa shape index (κ2) is 5.76. The Bertz CT molecular complexity index is 876. The minimum Gasteiger partial charge on any atom is -0.306 e. The van der Waals surface area contributed by atoms with Crippen molar-refractivity contribution in [1.82, 2.24) is 14.5 Å². The van der Waals surface area contributed by atoms with Crippen molar-refractivity contribution in [3.8, 4) is 0 Å². The number of imidazole rings is 1. The molecule has 0 aliphatic carbocycles. The summed E-state index contributed by atoms with van der Waals surface area (Å²) in [6, 6.07) is 2.20. The molecule has 0 amide bonds. The number of aromatic nitrogens is 2. The number of halogens is 3. The van der Waals surface area contributed by atoms with Crippen LogP contribution >= 0.6 is 0 Å². The molecule has 3 rings (SSSR count). The minimum absolute atomic E-state index is 0.0117. The van der Waals surface area contributed by atoms with Gasteiger partial charge in [0.15, 0.2) is 0 Å². The fourth-order valence-corrected chi connectivity index (χ4v) is 3.41. The third-order valence-electron chi connectivity index (χ3n) is 4.88. The van der Waals surface area contributed by atoms with E-state index < -0.39 is 11.7 Å². The SMILES string of the molecule is C=CC(C)(C)CN1Cc2cc(C(F)(F)F)cc3[nH]c(=O)n(c23)C[C@H]1C. The van der Waals surface area contributed by atoms with Crippen molar-refractivity contribution >= 4 is 11.0 Å². The fourth-order valence-electron chi connectivity index (χ4n) is 3.41. The second-order valence-corrected chi connectivity index (χ2v) is 7.52. The number of hydrogen-bond donors (Lipinski definition) is 1. The highest BCUT2D eigenvalue weighted by atomic mass is 19.4. The highest BCUT2D eigenvalue weighted by Crippen LogP contribution is 2.34. The average molecular weight is 353 g/mol. The van der Waals surface area contributed by atoms with E-state index in [9.17, 15) is 18.0 Å². The van der Waals surface area contributed by atoms with Gasteiger partial charge in [0.2, 0.25) is 0 Å². The van der Waals surface area contributed by atoms with E-state index in [0.717, 1.165) is 12.1 Å². The highest BCUT2D eigenvalue weighted by molar-refractivity contribution is 5.80. The smallest absolute Gasteiger partial charge is 0.306 e. The summed E-state index contributed by atoms with van der Waals surface area (Å²) in [5.41, 5.74) is 0.0524. The van der Waals surface area contributed by atoms with Crippen LogP contribution in [0.15, 0.2) is 29.6 Å². The number of rotatable bonds is 3. The number of H-pyrrole nitrogens is 1. The molecule has 1 aromatic heterocycles. The molecule has 7 heteroatoms. The Kier molecular flexibility index (Phi) is 4.10. The second-order valence-electron chi connectivity index (χ2n) is 7.52. The zero-order valence-corrected chi connectivity index (χ0v) is 14.6. The van der Waals surface area contributed by atoms with Gasteiger partial charge in [-0.3, -0.25) is 9.47 Å². The lowest BCUT2D eigenvalue weighted by molar-refractivity contribution is -0.137. The molecule has 2 aromatic rings. The van der Waals surface area contributed by atoms with Gasteiger partial charge >= 0.3 is 11.9 Å². The summed E-state index contributed by atoms with van der Waals surface area (Å²) in [6.45, 7) is 11.3. The van der Waals surface area contributed by atoms with Crippen molar-refractivity contribution in [3.05, 3.63) is 46.4 Å². The first kappa shape index (κ1) is 17.8. The van der Waals surface area contributed by atoms with Crippen LogP contribution in [-0.4, -0.2) is 27.0 Å². The van der Waals surface area contributed by atoms with Crippen LogP contribution in [0.25, 0.3) is 11.0 Å². The summed E-state index contributed by atoms with van der Waals surface area (Å²) in [5, 5.41) is 0. The molecule has 25 heavy (non-hydrogen) atoms. The van der Waals surface area contributed by atoms with Gasteiger partial charge in [-0.15, -0.1) is 6.58 Å². The summed E-state index contributed by atoms with van der Waals surface area (Å²) in [7, 11) is 0. The number of nitrogens with one attached hydrogen (secondary N) is 1. The van der Waals surface area contributed by atoms with Gasteiger partial charge < -0.3 is 4.98 Å². The predicted octanol–water partition coefficient (Wildman–Crippen LogP) is 3.76. The van der Waals surface area contributed by atoms with Gasteiger partial charge in [0.05, 0.1) is 16.6 Å². The van der Waals surface area contributed by atoms with Gasteiger partial charge in [-0.2, -0.15) is 13.2 Å². The summed E-state index contributed by atoms with van der Waals surface area (Å²) >= 11 is 0. The first-order valence-electron chi connectivity index (χ1n) is 8.22. The van der Waals surface area contributed by atoms with Gasteiger partial charge in [-0.05, 0) is 30.0 Å². The van der Waals surface area contributed by atoms with Gasteiger partial charge in [0.25, 0.3) is 0 Å². The van der Waals surface area contributed by atoms with Crippen molar-refractivity contribution in [1.29, 1.82) is 0 Å². The first-order valence-corrected chi connectivity index (χ1v) is 8.22. The molecule has 0 saturated carbocycles. The summed E-state index contributed by atoms with van der Waals surface area (Å²) < 4.78 is 41.3. The van der Waals surface area contributed by atoms with Gasteiger partial charge in [0, 0.05) is 25.7 Å². The lowest BCUT2D eigenvalue weighted by atomic mass is 9.92. The summed E-state index contributed by atoms with van der Waals surface area (Å²) in [4.78, 5) is 16.9. The molecule has 0 unspecified atom stereocenters. The standard InChI is InChI=1S/C18H22F3N3O/c1-5-17(3,4)10-23-9-12-6-13(18(19,20)21)7-14-15(12)24(8-11(23)2)16(25)22-14/h5-7,11H,1,8-10H2,2-4H3,(H,22,25)/t11-/m1/s1.